The van der Waals surface area contributed by atoms with Gasteiger partial charge in [-0.3, -0.25) is 0 Å². The van der Waals surface area contributed by atoms with Crippen molar-refractivity contribution in [3.05, 3.63) is 20.9 Å². The average Bonchev–Trinajstić information content (AvgIpc) is 3.05. The van der Waals surface area contributed by atoms with Crippen LogP contribution in [0, 0.1) is 47.3 Å². The zero-order chi connectivity index (χ0) is 36.0. The molecule has 4 saturated heterocycles. The van der Waals surface area contributed by atoms with Gasteiger partial charge < -0.3 is 28.4 Å². The third-order valence-electron chi connectivity index (χ3n) is 12.8. The Balaban J connectivity index is 0.000000260. The van der Waals surface area contributed by atoms with Crippen LogP contribution < -0.4 is 0 Å². The predicted molar refractivity (Wildman–Crippen MR) is 187 cm³/mol. The van der Waals surface area contributed by atoms with E-state index in [-0.39, 0.29) is 72.8 Å². The monoisotopic (exact) mass is 679 g/mol. The molecule has 0 bridgehead atoms. The van der Waals surface area contributed by atoms with Crippen LogP contribution in [-0.4, -0.2) is 73.5 Å². The molecule has 0 spiro atoms. The van der Waals surface area contributed by atoms with E-state index < -0.39 is 12.6 Å². The molecular formula is C36H66N6O6. The van der Waals surface area contributed by atoms with Crippen LogP contribution in [0.5, 0.6) is 0 Å². The summed E-state index contributed by atoms with van der Waals surface area (Å²) in [6, 6.07) is -0.608. The number of ether oxygens (including phenoxy) is 6. The number of nitrogens with zero attached hydrogens (tertiary/aromatic N) is 6. The largest absolute Gasteiger partial charge is 0.373 e. The minimum absolute atomic E-state index is 0.00347. The van der Waals surface area contributed by atoms with Crippen molar-refractivity contribution in [2.24, 2.45) is 57.6 Å². The molecule has 12 heteroatoms. The lowest BCUT2D eigenvalue weighted by Crippen LogP contribution is -2.55. The van der Waals surface area contributed by atoms with Gasteiger partial charge in [0.1, 0.15) is 0 Å². The molecule has 20 atom stereocenters. The van der Waals surface area contributed by atoms with Gasteiger partial charge in [0.05, 0.1) is 60.9 Å². The fourth-order valence-electron chi connectivity index (χ4n) is 8.32. The minimum atomic E-state index is -0.504. The van der Waals surface area contributed by atoms with E-state index in [9.17, 15) is 0 Å². The van der Waals surface area contributed by atoms with Gasteiger partial charge in [-0.1, -0.05) is 79.5 Å². The van der Waals surface area contributed by atoms with Gasteiger partial charge in [0.25, 0.3) is 0 Å². The molecule has 0 aromatic rings. The van der Waals surface area contributed by atoms with Crippen LogP contribution in [0.3, 0.4) is 0 Å². The van der Waals surface area contributed by atoms with Gasteiger partial charge in [-0.25, -0.2) is 0 Å². The predicted octanol–water partition coefficient (Wildman–Crippen LogP) is 9.07. The molecule has 0 aromatic carbocycles. The summed E-state index contributed by atoms with van der Waals surface area (Å²) in [6.45, 7) is 30.0. The molecule has 4 heterocycles. The smallest absolute Gasteiger partial charge is 0.167 e. The second-order valence-electron chi connectivity index (χ2n) is 15.5. The van der Waals surface area contributed by atoms with Crippen LogP contribution in [-0.2, 0) is 28.4 Å². The van der Waals surface area contributed by atoms with E-state index in [4.69, 9.17) is 39.5 Å². The summed E-state index contributed by atoms with van der Waals surface area (Å²) in [7, 11) is 0. The highest BCUT2D eigenvalue weighted by Crippen LogP contribution is 2.40. The summed E-state index contributed by atoms with van der Waals surface area (Å²) in [5.74, 6) is 2.63. The third kappa shape index (κ3) is 8.99. The molecule has 4 aliphatic rings. The van der Waals surface area contributed by atoms with Gasteiger partial charge in [0.2, 0.25) is 0 Å². The SMILES string of the molecule is CCC1O[C@@H](O[C@@H]2C(C)OC(C)C(C)[C@H]2C)C(N=[N+]=[N-])[C@@H](C)[C@@H]1C.CCC1O[C@@H](O[C@@H]2C(C)OC(C)[C@@H](C)C2C)C(N=[N+]=[N-])[C@@H](C)[C@@H]1C. The lowest BCUT2D eigenvalue weighted by molar-refractivity contribution is -0.285. The van der Waals surface area contributed by atoms with Crippen LogP contribution >= 0.6 is 0 Å². The fraction of sp³-hybridized carbons (Fsp3) is 1.00. The molecule has 48 heavy (non-hydrogen) atoms. The summed E-state index contributed by atoms with van der Waals surface area (Å²) in [5, 5.41) is 8.01. The zero-order valence-electron chi connectivity index (χ0n) is 32.1. The molecule has 10 unspecified atom stereocenters. The van der Waals surface area contributed by atoms with Crippen molar-refractivity contribution in [3.63, 3.8) is 0 Å². The van der Waals surface area contributed by atoms with Crippen LogP contribution in [0.1, 0.15) is 110 Å². The quantitative estimate of drug-likeness (QED) is 0.142. The molecule has 0 aromatic heterocycles. The maximum absolute atomic E-state index is 8.97. The van der Waals surface area contributed by atoms with Crippen molar-refractivity contribution in [1.29, 1.82) is 0 Å². The van der Waals surface area contributed by atoms with E-state index in [0.29, 0.717) is 35.5 Å². The fourth-order valence-corrected chi connectivity index (χ4v) is 8.32. The number of hydrogen-bond donors (Lipinski definition) is 0. The van der Waals surface area contributed by atoms with E-state index in [2.05, 4.69) is 117 Å². The van der Waals surface area contributed by atoms with Crippen molar-refractivity contribution in [2.45, 2.75) is 183 Å². The van der Waals surface area contributed by atoms with Gasteiger partial charge in [0.15, 0.2) is 12.6 Å². The van der Waals surface area contributed by atoms with E-state index >= 15 is 0 Å². The Bertz CT molecular complexity index is 1020. The molecule has 4 rings (SSSR count). The van der Waals surface area contributed by atoms with Crippen molar-refractivity contribution in [3.8, 4) is 0 Å². The highest BCUT2D eigenvalue weighted by molar-refractivity contribution is 4.94. The van der Waals surface area contributed by atoms with Crippen molar-refractivity contribution < 1.29 is 28.4 Å². The maximum Gasteiger partial charge on any atom is 0.167 e. The van der Waals surface area contributed by atoms with Crippen LogP contribution in [0.4, 0.5) is 0 Å². The molecular weight excluding hydrogens is 612 g/mol. The topological polar surface area (TPSA) is 153 Å². The van der Waals surface area contributed by atoms with Gasteiger partial charge >= 0.3 is 0 Å². The number of rotatable bonds is 8. The Labute approximate surface area is 289 Å². The van der Waals surface area contributed by atoms with Gasteiger partial charge in [-0.2, -0.15) is 0 Å². The third-order valence-corrected chi connectivity index (χ3v) is 12.8. The van der Waals surface area contributed by atoms with E-state index in [1.165, 1.54) is 0 Å². The van der Waals surface area contributed by atoms with Crippen molar-refractivity contribution in [1.82, 2.24) is 0 Å². The summed E-state index contributed by atoms with van der Waals surface area (Å²) in [5.41, 5.74) is 17.9. The molecule has 12 nitrogen and oxygen atoms in total. The summed E-state index contributed by atoms with van der Waals surface area (Å²) in [4.78, 5) is 6.07. The lowest BCUT2D eigenvalue weighted by Gasteiger charge is -2.48. The lowest BCUT2D eigenvalue weighted by atomic mass is 9.80. The molecule has 0 amide bonds. The van der Waals surface area contributed by atoms with Gasteiger partial charge in [0, 0.05) is 9.82 Å². The Kier molecular flexibility index (Phi) is 15.3. The second-order valence-corrected chi connectivity index (χ2v) is 15.5. The maximum atomic E-state index is 8.97. The molecule has 0 aliphatic carbocycles. The molecule has 4 fully saturated rings. The molecule has 0 N–H and O–H groups in total. The van der Waals surface area contributed by atoms with E-state index in [1.807, 2.05) is 0 Å². The standard InChI is InChI=1S/2C18H33N3O3/c2*1-8-15-10(3)11(4)16(20-21-19)18(23-15)24-17-12(5)9(2)13(6)22-14(17)7/h2*9-18H,8H2,1-7H3/t9?,10-,11-,12+,13?,14?,15?,16?,17-,18-;9-,10-,11-,12?,13?,14?,15?,16?,17-,18-/m00/s1. The zero-order valence-corrected chi connectivity index (χ0v) is 32.1. The Morgan fingerprint density at radius 2 is 0.792 bits per heavy atom. The molecule has 276 valence electrons. The molecule has 4 aliphatic heterocycles. The first-order valence-corrected chi connectivity index (χ1v) is 18.6. The van der Waals surface area contributed by atoms with Gasteiger partial charge in [-0.05, 0) is 98.9 Å². The van der Waals surface area contributed by atoms with Crippen molar-refractivity contribution >= 4 is 0 Å². The highest BCUT2D eigenvalue weighted by atomic mass is 16.7. The van der Waals surface area contributed by atoms with Crippen molar-refractivity contribution in [2.75, 3.05) is 0 Å². The minimum Gasteiger partial charge on any atom is -0.373 e. The Hall–Kier alpha value is -1.62. The normalized spacial score (nSPS) is 49.5. The molecule has 0 radical (unpaired) electrons. The summed E-state index contributed by atoms with van der Waals surface area (Å²) in [6.07, 6.45) is 1.41. The van der Waals surface area contributed by atoms with Crippen LogP contribution in [0.15, 0.2) is 10.2 Å². The second kappa shape index (κ2) is 18.0. The first kappa shape index (κ1) is 40.8. The highest BCUT2D eigenvalue weighted by Gasteiger charge is 2.47. The number of azide groups is 2. The van der Waals surface area contributed by atoms with Crippen LogP contribution in [0.2, 0.25) is 0 Å². The first-order chi connectivity index (χ1) is 22.6. The van der Waals surface area contributed by atoms with Crippen LogP contribution in [0.25, 0.3) is 20.9 Å². The van der Waals surface area contributed by atoms with Gasteiger partial charge in [-0.15, -0.1) is 0 Å². The summed E-state index contributed by atoms with van der Waals surface area (Å²) >= 11 is 0. The number of hydrogen-bond acceptors (Lipinski definition) is 8. The first-order valence-electron chi connectivity index (χ1n) is 18.6. The summed E-state index contributed by atoms with van der Waals surface area (Å²) < 4.78 is 37.2. The average molecular weight is 679 g/mol. The van der Waals surface area contributed by atoms with E-state index in [0.717, 1.165) is 12.8 Å². The Morgan fingerprint density at radius 1 is 0.458 bits per heavy atom. The molecule has 0 saturated carbocycles. The Morgan fingerprint density at radius 3 is 1.08 bits per heavy atom. The van der Waals surface area contributed by atoms with E-state index in [1.54, 1.807) is 0 Å².